The van der Waals surface area contributed by atoms with Gasteiger partial charge in [-0.25, -0.2) is 0 Å². The molecule has 1 atom stereocenters. The van der Waals surface area contributed by atoms with Gasteiger partial charge in [-0.05, 0) is 25.9 Å². The lowest BCUT2D eigenvalue weighted by Crippen LogP contribution is -2.43. The van der Waals surface area contributed by atoms with Crippen LogP contribution in [0.2, 0.25) is 0 Å². The Morgan fingerprint density at radius 3 is 3.06 bits per heavy atom. The summed E-state index contributed by atoms with van der Waals surface area (Å²) in [5.41, 5.74) is 0. The molecule has 0 aromatic heterocycles. The lowest BCUT2D eigenvalue weighted by atomic mass is 10.2. The number of nitrogens with one attached hydrogen (secondary N) is 2. The summed E-state index contributed by atoms with van der Waals surface area (Å²) in [6, 6.07) is 2.54. The second-order valence-corrected chi connectivity index (χ2v) is 4.38. The topological polar surface area (TPSA) is 68.2 Å². The summed E-state index contributed by atoms with van der Waals surface area (Å²) in [6.45, 7) is 5.86. The molecule has 5 heteroatoms. The third kappa shape index (κ3) is 5.66. The zero-order valence-electron chi connectivity index (χ0n) is 10.5. The molecule has 1 aliphatic heterocycles. The number of amides is 1. The largest absolute Gasteiger partial charge is 0.354 e. The molecule has 1 heterocycles. The predicted molar refractivity (Wildman–Crippen MR) is 66.4 cm³/mol. The molecule has 1 fully saturated rings. The van der Waals surface area contributed by atoms with E-state index in [2.05, 4.69) is 22.5 Å². The highest BCUT2D eigenvalue weighted by Gasteiger charge is 2.18. The van der Waals surface area contributed by atoms with Crippen LogP contribution in [0.3, 0.4) is 0 Å². The summed E-state index contributed by atoms with van der Waals surface area (Å²) < 4.78 is 0. The summed E-state index contributed by atoms with van der Waals surface area (Å²) >= 11 is 0. The maximum atomic E-state index is 11.6. The Labute approximate surface area is 103 Å². The van der Waals surface area contributed by atoms with E-state index in [1.165, 1.54) is 12.8 Å². The SMILES string of the molecule is CCN(CC(=O)NCCC#N)CC1CCCN1. The van der Waals surface area contributed by atoms with Crippen LogP contribution in [0.15, 0.2) is 0 Å². The smallest absolute Gasteiger partial charge is 0.234 e. The molecule has 96 valence electrons. The average molecular weight is 238 g/mol. The standard InChI is InChI=1S/C12H22N4O/c1-2-16(9-11-5-3-7-14-11)10-12(17)15-8-4-6-13/h11,14H,2-5,7-10H2,1H3,(H,15,17). The van der Waals surface area contributed by atoms with Gasteiger partial charge in [0.1, 0.15) is 0 Å². The number of carbonyl (C=O) groups excluding carboxylic acids is 1. The predicted octanol–water partition coefficient (Wildman–Crippen LogP) is 0.0902. The van der Waals surface area contributed by atoms with Crippen molar-refractivity contribution in [1.29, 1.82) is 5.26 Å². The Hall–Kier alpha value is -1.12. The van der Waals surface area contributed by atoms with Crippen LogP contribution in [-0.2, 0) is 4.79 Å². The monoisotopic (exact) mass is 238 g/mol. The number of nitrogens with zero attached hydrogens (tertiary/aromatic N) is 2. The molecule has 1 rings (SSSR count). The van der Waals surface area contributed by atoms with Gasteiger partial charge in [-0.3, -0.25) is 9.69 Å². The Balaban J connectivity index is 2.20. The van der Waals surface area contributed by atoms with Crippen molar-refractivity contribution in [3.05, 3.63) is 0 Å². The van der Waals surface area contributed by atoms with Crippen molar-refractivity contribution in [2.45, 2.75) is 32.2 Å². The van der Waals surface area contributed by atoms with Crippen molar-refractivity contribution in [3.8, 4) is 6.07 Å². The van der Waals surface area contributed by atoms with Crippen molar-refractivity contribution in [2.75, 3.05) is 32.7 Å². The normalized spacial score (nSPS) is 19.2. The third-order valence-electron chi connectivity index (χ3n) is 3.01. The first-order chi connectivity index (χ1) is 8.26. The third-order valence-corrected chi connectivity index (χ3v) is 3.01. The van der Waals surface area contributed by atoms with Crippen LogP contribution in [-0.4, -0.2) is 49.6 Å². The van der Waals surface area contributed by atoms with Crippen molar-refractivity contribution in [3.63, 3.8) is 0 Å². The molecular weight excluding hydrogens is 216 g/mol. The molecule has 0 bridgehead atoms. The van der Waals surface area contributed by atoms with E-state index in [0.717, 1.165) is 19.6 Å². The van der Waals surface area contributed by atoms with Crippen molar-refractivity contribution in [1.82, 2.24) is 15.5 Å². The minimum absolute atomic E-state index is 0.0140. The minimum atomic E-state index is 0.0140. The quantitative estimate of drug-likeness (QED) is 0.617. The highest BCUT2D eigenvalue weighted by Crippen LogP contribution is 2.06. The molecule has 1 amide bonds. The molecule has 0 saturated carbocycles. The summed E-state index contributed by atoms with van der Waals surface area (Å²) in [7, 11) is 0. The highest BCUT2D eigenvalue weighted by molar-refractivity contribution is 5.77. The Kier molecular flexibility index (Phi) is 6.60. The maximum Gasteiger partial charge on any atom is 0.234 e. The molecular formula is C12H22N4O. The fourth-order valence-electron chi connectivity index (χ4n) is 2.05. The first-order valence-electron chi connectivity index (χ1n) is 6.35. The molecule has 0 aromatic carbocycles. The molecule has 1 unspecified atom stereocenters. The Bertz CT molecular complexity index is 268. The van der Waals surface area contributed by atoms with Crippen LogP contribution >= 0.6 is 0 Å². The Morgan fingerprint density at radius 2 is 2.47 bits per heavy atom. The van der Waals surface area contributed by atoms with Gasteiger partial charge in [0.05, 0.1) is 19.0 Å². The molecule has 1 saturated heterocycles. The number of hydrogen-bond donors (Lipinski definition) is 2. The van der Waals surface area contributed by atoms with Crippen molar-refractivity contribution < 1.29 is 4.79 Å². The molecule has 5 nitrogen and oxygen atoms in total. The van der Waals surface area contributed by atoms with Crippen LogP contribution in [0.4, 0.5) is 0 Å². The van der Waals surface area contributed by atoms with E-state index in [1.807, 2.05) is 6.07 Å². The average Bonchev–Trinajstić information content (AvgIpc) is 2.81. The van der Waals surface area contributed by atoms with Gasteiger partial charge in [-0.2, -0.15) is 5.26 Å². The molecule has 0 aliphatic carbocycles. The van der Waals surface area contributed by atoms with Crippen LogP contribution in [0, 0.1) is 11.3 Å². The van der Waals surface area contributed by atoms with Gasteiger partial charge in [0, 0.05) is 19.1 Å². The molecule has 0 spiro atoms. The summed E-state index contributed by atoms with van der Waals surface area (Å²) in [5, 5.41) is 14.6. The van der Waals surface area contributed by atoms with E-state index in [0.29, 0.717) is 25.6 Å². The van der Waals surface area contributed by atoms with Gasteiger partial charge in [0.15, 0.2) is 0 Å². The van der Waals surface area contributed by atoms with Gasteiger partial charge < -0.3 is 10.6 Å². The van der Waals surface area contributed by atoms with E-state index in [9.17, 15) is 4.79 Å². The number of likely N-dealkylation sites (N-methyl/N-ethyl adjacent to an activating group) is 1. The van der Waals surface area contributed by atoms with Gasteiger partial charge in [-0.1, -0.05) is 6.92 Å². The van der Waals surface area contributed by atoms with E-state index in [-0.39, 0.29) is 5.91 Å². The number of rotatable bonds is 7. The summed E-state index contributed by atoms with van der Waals surface area (Å²) in [5.74, 6) is 0.0140. The lowest BCUT2D eigenvalue weighted by Gasteiger charge is -2.23. The second-order valence-electron chi connectivity index (χ2n) is 4.38. The fourth-order valence-corrected chi connectivity index (χ4v) is 2.05. The molecule has 17 heavy (non-hydrogen) atoms. The van der Waals surface area contributed by atoms with E-state index >= 15 is 0 Å². The first kappa shape index (κ1) is 13.9. The number of nitriles is 1. The summed E-state index contributed by atoms with van der Waals surface area (Å²) in [4.78, 5) is 13.7. The molecule has 2 N–H and O–H groups in total. The zero-order chi connectivity index (χ0) is 12.5. The first-order valence-corrected chi connectivity index (χ1v) is 6.35. The minimum Gasteiger partial charge on any atom is -0.354 e. The second kappa shape index (κ2) is 8.04. The highest BCUT2D eigenvalue weighted by atomic mass is 16.2. The molecule has 0 aromatic rings. The van der Waals surface area contributed by atoms with Crippen LogP contribution in [0.25, 0.3) is 0 Å². The van der Waals surface area contributed by atoms with Crippen LogP contribution in [0.5, 0.6) is 0 Å². The Morgan fingerprint density at radius 1 is 1.65 bits per heavy atom. The van der Waals surface area contributed by atoms with Crippen molar-refractivity contribution >= 4 is 5.91 Å². The van der Waals surface area contributed by atoms with Crippen LogP contribution < -0.4 is 10.6 Å². The van der Waals surface area contributed by atoms with Crippen molar-refractivity contribution in [2.24, 2.45) is 0 Å². The van der Waals surface area contributed by atoms with Gasteiger partial charge in [0.25, 0.3) is 0 Å². The van der Waals surface area contributed by atoms with E-state index < -0.39 is 0 Å². The lowest BCUT2D eigenvalue weighted by molar-refractivity contribution is -0.122. The molecule has 0 radical (unpaired) electrons. The molecule has 1 aliphatic rings. The van der Waals surface area contributed by atoms with Gasteiger partial charge in [0.2, 0.25) is 5.91 Å². The maximum absolute atomic E-state index is 11.6. The number of carbonyl (C=O) groups is 1. The van der Waals surface area contributed by atoms with Crippen LogP contribution in [0.1, 0.15) is 26.2 Å². The fraction of sp³-hybridized carbons (Fsp3) is 0.833. The van der Waals surface area contributed by atoms with Gasteiger partial charge >= 0.3 is 0 Å². The zero-order valence-corrected chi connectivity index (χ0v) is 10.5. The number of hydrogen-bond acceptors (Lipinski definition) is 4. The van der Waals surface area contributed by atoms with E-state index in [4.69, 9.17) is 5.26 Å². The summed E-state index contributed by atoms with van der Waals surface area (Å²) in [6.07, 6.45) is 2.81. The van der Waals surface area contributed by atoms with Gasteiger partial charge in [-0.15, -0.1) is 0 Å². The van der Waals surface area contributed by atoms with E-state index in [1.54, 1.807) is 0 Å².